The maximum Gasteiger partial charge on any atom is 0.216 e. The average Bonchev–Trinajstić information content (AvgIpc) is 2.72. The Kier molecular flexibility index (Phi) is 6.16. The van der Waals surface area contributed by atoms with Crippen LogP contribution in [0.4, 0.5) is 0 Å². The zero-order valence-electron chi connectivity index (χ0n) is 16.3. The predicted molar refractivity (Wildman–Crippen MR) is 114 cm³/mol. The minimum absolute atomic E-state index is 0.0999. The van der Waals surface area contributed by atoms with E-state index in [1.807, 2.05) is 44.2 Å². The number of nitriles is 1. The van der Waals surface area contributed by atoms with Crippen LogP contribution < -0.4 is 4.74 Å². The van der Waals surface area contributed by atoms with Gasteiger partial charge in [-0.2, -0.15) is 5.26 Å². The number of aryl methyl sites for hydroxylation is 2. The van der Waals surface area contributed by atoms with Crippen LogP contribution in [0.2, 0.25) is 0 Å². The summed E-state index contributed by atoms with van der Waals surface area (Å²) in [4.78, 5) is -0.208. The first-order valence-electron chi connectivity index (χ1n) is 9.11. The number of allylic oxidation sites excluding steroid dienone is 1. The molecule has 0 atom stereocenters. The Morgan fingerprint density at radius 2 is 1.72 bits per heavy atom. The van der Waals surface area contributed by atoms with Crippen molar-refractivity contribution in [2.45, 2.75) is 25.3 Å². The fourth-order valence-corrected chi connectivity index (χ4v) is 3.95. The van der Waals surface area contributed by atoms with Crippen LogP contribution in [0.15, 0.2) is 82.6 Å². The summed E-state index contributed by atoms with van der Waals surface area (Å²) >= 11 is 0. The van der Waals surface area contributed by atoms with Gasteiger partial charge in [-0.25, -0.2) is 8.42 Å². The maximum atomic E-state index is 12.8. The normalized spacial score (nSPS) is 11.7. The Hall–Kier alpha value is -3.36. The molecule has 3 aromatic rings. The summed E-state index contributed by atoms with van der Waals surface area (Å²) in [5.41, 5.74) is 3.75. The first kappa shape index (κ1) is 20.4. The third-order valence-electron chi connectivity index (χ3n) is 4.54. The van der Waals surface area contributed by atoms with Crippen molar-refractivity contribution in [1.29, 1.82) is 5.26 Å². The Morgan fingerprint density at radius 1 is 1.00 bits per heavy atom. The highest BCUT2D eigenvalue weighted by atomic mass is 32.2. The number of hydrogen-bond donors (Lipinski definition) is 0. The molecule has 0 heterocycles. The molecule has 4 nitrogen and oxygen atoms in total. The molecule has 3 rings (SSSR count). The van der Waals surface area contributed by atoms with Crippen molar-refractivity contribution in [3.05, 3.63) is 100.0 Å². The zero-order valence-corrected chi connectivity index (χ0v) is 17.1. The van der Waals surface area contributed by atoms with E-state index in [4.69, 9.17) is 4.74 Å². The lowest BCUT2D eigenvalue weighted by Crippen LogP contribution is -2.03. The Morgan fingerprint density at radius 3 is 2.41 bits per heavy atom. The maximum absolute atomic E-state index is 12.8. The molecule has 3 aromatic carbocycles. The standard InChI is InChI=1S/C24H21NO3S/c1-18-10-12-23(13-11-18)29(26,27)24(16-25)15-20-7-5-9-22(14-20)28-17-21-8-4-3-6-19(21)2/h3-15H,17H2,1-2H3. The smallest absolute Gasteiger partial charge is 0.216 e. The van der Waals surface area contributed by atoms with Gasteiger partial charge in [-0.05, 0) is 60.9 Å². The minimum Gasteiger partial charge on any atom is -0.489 e. The van der Waals surface area contributed by atoms with Crippen molar-refractivity contribution in [2.75, 3.05) is 0 Å². The van der Waals surface area contributed by atoms with E-state index in [1.54, 1.807) is 36.4 Å². The van der Waals surface area contributed by atoms with Crippen LogP contribution in [0.1, 0.15) is 22.3 Å². The van der Waals surface area contributed by atoms with Crippen molar-refractivity contribution >= 4 is 15.9 Å². The van der Waals surface area contributed by atoms with Gasteiger partial charge in [0.25, 0.3) is 0 Å². The van der Waals surface area contributed by atoms with Crippen LogP contribution in [0, 0.1) is 25.2 Å². The number of rotatable bonds is 6. The molecule has 146 valence electrons. The summed E-state index contributed by atoms with van der Waals surface area (Å²) in [6, 6.07) is 23.3. The molecule has 0 fully saturated rings. The van der Waals surface area contributed by atoms with Crippen molar-refractivity contribution in [1.82, 2.24) is 0 Å². The van der Waals surface area contributed by atoms with E-state index in [1.165, 1.54) is 18.2 Å². The highest BCUT2D eigenvalue weighted by Gasteiger charge is 2.20. The van der Waals surface area contributed by atoms with Crippen LogP contribution in [0.25, 0.3) is 6.08 Å². The summed E-state index contributed by atoms with van der Waals surface area (Å²) in [5.74, 6) is 0.604. The topological polar surface area (TPSA) is 67.2 Å². The van der Waals surface area contributed by atoms with Crippen molar-refractivity contribution in [3.63, 3.8) is 0 Å². The van der Waals surface area contributed by atoms with Crippen molar-refractivity contribution < 1.29 is 13.2 Å². The average molecular weight is 404 g/mol. The van der Waals surface area contributed by atoms with Gasteiger partial charge in [-0.15, -0.1) is 0 Å². The van der Waals surface area contributed by atoms with E-state index in [0.717, 1.165) is 16.7 Å². The molecule has 0 bridgehead atoms. The SMILES string of the molecule is Cc1ccc(S(=O)(=O)C(C#N)=Cc2cccc(OCc3ccccc3C)c2)cc1. The fourth-order valence-electron chi connectivity index (χ4n) is 2.79. The van der Waals surface area contributed by atoms with Gasteiger partial charge in [0.05, 0.1) is 4.90 Å². The molecule has 0 unspecified atom stereocenters. The molecule has 0 amide bonds. The monoisotopic (exact) mass is 403 g/mol. The van der Waals surface area contributed by atoms with Crippen molar-refractivity contribution in [3.8, 4) is 11.8 Å². The molecule has 0 N–H and O–H groups in total. The van der Waals surface area contributed by atoms with Gasteiger partial charge >= 0.3 is 0 Å². The lowest BCUT2D eigenvalue weighted by molar-refractivity contribution is 0.305. The summed E-state index contributed by atoms with van der Waals surface area (Å²) in [6.45, 7) is 4.31. The van der Waals surface area contributed by atoms with Crippen molar-refractivity contribution in [2.24, 2.45) is 0 Å². The lowest BCUT2D eigenvalue weighted by atomic mass is 10.1. The van der Waals surface area contributed by atoms with E-state index in [-0.39, 0.29) is 9.80 Å². The minimum atomic E-state index is -3.88. The number of benzene rings is 3. The Bertz CT molecular complexity index is 1190. The highest BCUT2D eigenvalue weighted by Crippen LogP contribution is 2.23. The molecular formula is C24H21NO3S. The summed E-state index contributed by atoms with van der Waals surface area (Å²) in [5, 5.41) is 9.46. The van der Waals surface area contributed by atoms with Gasteiger partial charge in [0.1, 0.15) is 23.3 Å². The third-order valence-corrected chi connectivity index (χ3v) is 6.22. The van der Waals surface area contributed by atoms with Gasteiger partial charge < -0.3 is 4.74 Å². The van der Waals surface area contributed by atoms with Crippen LogP contribution in [0.3, 0.4) is 0 Å². The first-order chi connectivity index (χ1) is 13.9. The molecule has 0 aromatic heterocycles. The number of ether oxygens (including phenoxy) is 1. The van der Waals surface area contributed by atoms with Gasteiger partial charge in [0.2, 0.25) is 9.84 Å². The molecule has 0 aliphatic carbocycles. The van der Waals surface area contributed by atoms with E-state index >= 15 is 0 Å². The van der Waals surface area contributed by atoms with Gasteiger partial charge in [-0.3, -0.25) is 0 Å². The molecule has 29 heavy (non-hydrogen) atoms. The summed E-state index contributed by atoms with van der Waals surface area (Å²) in [6.07, 6.45) is 1.37. The molecule has 0 saturated carbocycles. The molecule has 5 heteroatoms. The van der Waals surface area contributed by atoms with Gasteiger partial charge in [0, 0.05) is 0 Å². The van der Waals surface area contributed by atoms with Crippen LogP contribution in [-0.4, -0.2) is 8.42 Å². The van der Waals surface area contributed by atoms with Crippen LogP contribution in [-0.2, 0) is 16.4 Å². The highest BCUT2D eigenvalue weighted by molar-refractivity contribution is 7.95. The van der Waals surface area contributed by atoms with Gasteiger partial charge in [-0.1, -0.05) is 54.1 Å². The quantitative estimate of drug-likeness (QED) is 0.529. The molecule has 0 aliphatic rings. The van der Waals surface area contributed by atoms with E-state index in [9.17, 15) is 13.7 Å². The molecule has 0 spiro atoms. The Balaban J connectivity index is 1.85. The van der Waals surface area contributed by atoms with Crippen LogP contribution >= 0.6 is 0 Å². The second kappa shape index (κ2) is 8.76. The molecule has 0 radical (unpaired) electrons. The lowest BCUT2D eigenvalue weighted by Gasteiger charge is -2.09. The predicted octanol–water partition coefficient (Wildman–Crippen LogP) is 5.22. The number of sulfone groups is 1. The number of nitrogens with zero attached hydrogens (tertiary/aromatic N) is 1. The third kappa shape index (κ3) is 4.92. The van der Waals surface area contributed by atoms with E-state index in [2.05, 4.69) is 0 Å². The van der Waals surface area contributed by atoms with E-state index < -0.39 is 9.84 Å². The molecule has 0 aliphatic heterocycles. The first-order valence-corrected chi connectivity index (χ1v) is 10.6. The number of hydrogen-bond acceptors (Lipinski definition) is 4. The van der Waals surface area contributed by atoms with Crippen LogP contribution in [0.5, 0.6) is 5.75 Å². The Labute approximate surface area is 171 Å². The zero-order chi connectivity index (χ0) is 20.9. The molecular weight excluding hydrogens is 382 g/mol. The fraction of sp³-hybridized carbons (Fsp3) is 0.125. The summed E-state index contributed by atoms with van der Waals surface area (Å²) < 4.78 is 31.4. The molecule has 0 saturated heterocycles. The van der Waals surface area contributed by atoms with E-state index in [0.29, 0.717) is 17.9 Å². The second-order valence-corrected chi connectivity index (χ2v) is 8.64. The van der Waals surface area contributed by atoms with Gasteiger partial charge in [0.15, 0.2) is 0 Å². The summed E-state index contributed by atoms with van der Waals surface area (Å²) in [7, 11) is -3.88. The largest absolute Gasteiger partial charge is 0.489 e. The second-order valence-electron chi connectivity index (χ2n) is 6.72.